The zero-order chi connectivity index (χ0) is 12.7. The second-order valence-electron chi connectivity index (χ2n) is 4.74. The van der Waals surface area contributed by atoms with Gasteiger partial charge in [0, 0.05) is 6.04 Å². The van der Waals surface area contributed by atoms with Crippen LogP contribution in [-0.4, -0.2) is 6.61 Å². The molecule has 0 aromatic heterocycles. The van der Waals surface area contributed by atoms with Gasteiger partial charge in [0.2, 0.25) is 0 Å². The third kappa shape index (κ3) is 4.78. The summed E-state index contributed by atoms with van der Waals surface area (Å²) in [6, 6.07) is 8.31. The third-order valence-corrected chi connectivity index (χ3v) is 3.06. The average Bonchev–Trinajstić information content (AvgIpc) is 2.30. The van der Waals surface area contributed by atoms with E-state index in [4.69, 9.17) is 10.5 Å². The Balaban J connectivity index is 2.53. The second kappa shape index (κ2) is 7.33. The maximum absolute atomic E-state index is 6.21. The summed E-state index contributed by atoms with van der Waals surface area (Å²) in [5.74, 6) is 1.62. The van der Waals surface area contributed by atoms with E-state index in [1.54, 1.807) is 0 Å². The first-order valence-electron chi connectivity index (χ1n) is 6.65. The number of hydrogen-bond donors (Lipinski definition) is 1. The first kappa shape index (κ1) is 14.0. The smallest absolute Gasteiger partial charge is 0.119 e. The molecule has 1 aromatic carbocycles. The van der Waals surface area contributed by atoms with Crippen LogP contribution in [0.1, 0.15) is 51.6 Å². The van der Waals surface area contributed by atoms with E-state index in [1.165, 1.54) is 18.4 Å². The molecule has 2 N–H and O–H groups in total. The van der Waals surface area contributed by atoms with Gasteiger partial charge in [-0.25, -0.2) is 0 Å². The molecule has 0 fully saturated rings. The molecule has 0 heterocycles. The molecule has 17 heavy (non-hydrogen) atoms. The summed E-state index contributed by atoms with van der Waals surface area (Å²) >= 11 is 0. The van der Waals surface area contributed by atoms with Crippen LogP contribution in [0, 0.1) is 5.92 Å². The highest BCUT2D eigenvalue weighted by Gasteiger charge is 2.10. The van der Waals surface area contributed by atoms with Gasteiger partial charge in [0.1, 0.15) is 5.75 Å². The predicted octanol–water partition coefficient (Wildman–Crippen LogP) is 3.91. The largest absolute Gasteiger partial charge is 0.494 e. The molecular weight excluding hydrogens is 210 g/mol. The highest BCUT2D eigenvalue weighted by molar-refractivity contribution is 5.29. The van der Waals surface area contributed by atoms with Crippen molar-refractivity contribution in [3.63, 3.8) is 0 Å². The van der Waals surface area contributed by atoms with E-state index < -0.39 is 0 Å². The summed E-state index contributed by atoms with van der Waals surface area (Å²) in [6.45, 7) is 7.20. The zero-order valence-electron chi connectivity index (χ0n) is 11.3. The first-order chi connectivity index (χ1) is 8.17. The van der Waals surface area contributed by atoms with Gasteiger partial charge >= 0.3 is 0 Å². The van der Waals surface area contributed by atoms with Gasteiger partial charge in [0.15, 0.2) is 0 Å². The van der Waals surface area contributed by atoms with Gasteiger partial charge in [-0.1, -0.05) is 38.8 Å². The molecule has 2 unspecified atom stereocenters. The molecule has 1 rings (SSSR count). The maximum atomic E-state index is 6.21. The van der Waals surface area contributed by atoms with E-state index in [9.17, 15) is 0 Å². The molecule has 0 saturated heterocycles. The van der Waals surface area contributed by atoms with Gasteiger partial charge in [-0.15, -0.1) is 0 Å². The van der Waals surface area contributed by atoms with Gasteiger partial charge in [0.05, 0.1) is 6.61 Å². The summed E-state index contributed by atoms with van der Waals surface area (Å²) in [5, 5.41) is 0. The summed E-state index contributed by atoms with van der Waals surface area (Å²) in [4.78, 5) is 0. The average molecular weight is 235 g/mol. The van der Waals surface area contributed by atoms with Crippen LogP contribution >= 0.6 is 0 Å². The van der Waals surface area contributed by atoms with Crippen LogP contribution < -0.4 is 10.5 Å². The Morgan fingerprint density at radius 1 is 1.18 bits per heavy atom. The van der Waals surface area contributed by atoms with Crippen molar-refractivity contribution < 1.29 is 4.74 Å². The standard InChI is InChI=1S/C15H25NO/c1-4-6-12(3)11-15(16)13-7-9-14(10-8-13)17-5-2/h7-10,12,15H,4-6,11,16H2,1-3H3. The Kier molecular flexibility index (Phi) is 6.06. The molecular formula is C15H25NO. The second-order valence-corrected chi connectivity index (χ2v) is 4.74. The topological polar surface area (TPSA) is 35.2 Å². The van der Waals surface area contributed by atoms with Gasteiger partial charge < -0.3 is 10.5 Å². The maximum Gasteiger partial charge on any atom is 0.119 e. The molecule has 2 atom stereocenters. The van der Waals surface area contributed by atoms with Crippen molar-refractivity contribution in [1.29, 1.82) is 0 Å². The van der Waals surface area contributed by atoms with Crippen LogP contribution in [0.25, 0.3) is 0 Å². The number of rotatable bonds is 7. The fourth-order valence-corrected chi connectivity index (χ4v) is 2.16. The Labute approximate surface area is 105 Å². The van der Waals surface area contributed by atoms with Gasteiger partial charge in [-0.3, -0.25) is 0 Å². The van der Waals surface area contributed by atoms with Crippen molar-refractivity contribution in [1.82, 2.24) is 0 Å². The monoisotopic (exact) mass is 235 g/mol. The fourth-order valence-electron chi connectivity index (χ4n) is 2.16. The molecule has 0 aliphatic heterocycles. The minimum absolute atomic E-state index is 0.146. The molecule has 2 heteroatoms. The first-order valence-corrected chi connectivity index (χ1v) is 6.65. The minimum atomic E-state index is 0.146. The highest BCUT2D eigenvalue weighted by Crippen LogP contribution is 2.23. The van der Waals surface area contributed by atoms with Crippen LogP contribution in [-0.2, 0) is 0 Å². The molecule has 0 radical (unpaired) electrons. The Hall–Kier alpha value is -1.02. The van der Waals surface area contributed by atoms with Crippen molar-refractivity contribution in [2.24, 2.45) is 11.7 Å². The highest BCUT2D eigenvalue weighted by atomic mass is 16.5. The van der Waals surface area contributed by atoms with E-state index in [1.807, 2.05) is 19.1 Å². The normalized spacial score (nSPS) is 14.4. The van der Waals surface area contributed by atoms with E-state index in [2.05, 4.69) is 26.0 Å². The van der Waals surface area contributed by atoms with E-state index in [0.29, 0.717) is 12.5 Å². The van der Waals surface area contributed by atoms with Crippen LogP contribution in [0.5, 0.6) is 5.75 Å². The molecule has 0 aliphatic carbocycles. The summed E-state index contributed by atoms with van der Waals surface area (Å²) in [5.41, 5.74) is 7.41. The number of ether oxygens (including phenoxy) is 1. The predicted molar refractivity (Wildman–Crippen MR) is 73.2 cm³/mol. The van der Waals surface area contributed by atoms with Crippen LogP contribution in [0.15, 0.2) is 24.3 Å². The van der Waals surface area contributed by atoms with Gasteiger partial charge in [0.25, 0.3) is 0 Å². The van der Waals surface area contributed by atoms with Crippen LogP contribution in [0.2, 0.25) is 0 Å². The van der Waals surface area contributed by atoms with Crippen LogP contribution in [0.4, 0.5) is 0 Å². The molecule has 1 aromatic rings. The van der Waals surface area contributed by atoms with E-state index in [-0.39, 0.29) is 6.04 Å². The lowest BCUT2D eigenvalue weighted by atomic mass is 9.93. The zero-order valence-corrected chi connectivity index (χ0v) is 11.3. The Bertz CT molecular complexity index is 307. The molecule has 0 bridgehead atoms. The molecule has 0 spiro atoms. The van der Waals surface area contributed by atoms with E-state index >= 15 is 0 Å². The summed E-state index contributed by atoms with van der Waals surface area (Å²) < 4.78 is 5.42. The van der Waals surface area contributed by atoms with Gasteiger partial charge in [-0.05, 0) is 37.0 Å². The number of hydrogen-bond acceptors (Lipinski definition) is 2. The van der Waals surface area contributed by atoms with Gasteiger partial charge in [-0.2, -0.15) is 0 Å². The lowest BCUT2D eigenvalue weighted by molar-refractivity contribution is 0.340. The molecule has 2 nitrogen and oxygen atoms in total. The number of nitrogens with two attached hydrogens (primary N) is 1. The minimum Gasteiger partial charge on any atom is -0.494 e. The third-order valence-electron chi connectivity index (χ3n) is 3.06. The van der Waals surface area contributed by atoms with Crippen molar-refractivity contribution in [2.75, 3.05) is 6.61 Å². The summed E-state index contributed by atoms with van der Waals surface area (Å²) in [7, 11) is 0. The Morgan fingerprint density at radius 3 is 2.35 bits per heavy atom. The van der Waals surface area contributed by atoms with E-state index in [0.717, 1.165) is 12.2 Å². The van der Waals surface area contributed by atoms with Crippen LogP contribution in [0.3, 0.4) is 0 Å². The van der Waals surface area contributed by atoms with Crippen molar-refractivity contribution in [3.8, 4) is 5.75 Å². The fraction of sp³-hybridized carbons (Fsp3) is 0.600. The lowest BCUT2D eigenvalue weighted by Crippen LogP contribution is -2.14. The quantitative estimate of drug-likeness (QED) is 0.777. The van der Waals surface area contributed by atoms with Crippen molar-refractivity contribution >= 4 is 0 Å². The molecule has 0 amide bonds. The SMILES string of the molecule is CCCC(C)CC(N)c1ccc(OCC)cc1. The Morgan fingerprint density at radius 2 is 1.82 bits per heavy atom. The lowest BCUT2D eigenvalue weighted by Gasteiger charge is -2.17. The molecule has 0 saturated carbocycles. The summed E-state index contributed by atoms with van der Waals surface area (Å²) in [6.07, 6.45) is 3.55. The number of benzene rings is 1. The molecule has 96 valence electrons. The van der Waals surface area contributed by atoms with Crippen molar-refractivity contribution in [2.45, 2.75) is 46.1 Å². The molecule has 0 aliphatic rings. The van der Waals surface area contributed by atoms with Crippen molar-refractivity contribution in [3.05, 3.63) is 29.8 Å².